The van der Waals surface area contributed by atoms with Crippen LogP contribution in [0.15, 0.2) is 23.8 Å². The number of nitrogens with zero attached hydrogens (tertiary/aromatic N) is 5. The van der Waals surface area contributed by atoms with Gasteiger partial charge in [0.2, 0.25) is 6.41 Å². The molecule has 3 aromatic rings. The zero-order valence-corrected chi connectivity index (χ0v) is 20.1. The van der Waals surface area contributed by atoms with Crippen molar-refractivity contribution in [1.29, 1.82) is 0 Å². The van der Waals surface area contributed by atoms with Crippen LogP contribution in [0.3, 0.4) is 0 Å². The fourth-order valence-electron chi connectivity index (χ4n) is 5.30. The molecule has 34 heavy (non-hydrogen) atoms. The number of carbonyl (C=O) groups is 2. The van der Waals surface area contributed by atoms with Crippen molar-refractivity contribution in [2.24, 2.45) is 11.8 Å². The van der Waals surface area contributed by atoms with Gasteiger partial charge in [0, 0.05) is 42.3 Å². The molecule has 3 aromatic heterocycles. The van der Waals surface area contributed by atoms with Crippen molar-refractivity contribution in [2.75, 3.05) is 18.4 Å². The van der Waals surface area contributed by atoms with E-state index in [0.29, 0.717) is 48.3 Å². The number of carbonyl (C=O) groups excluding carboxylic acids is 2. The van der Waals surface area contributed by atoms with Crippen LogP contribution in [-0.2, 0) is 4.79 Å². The summed E-state index contributed by atoms with van der Waals surface area (Å²) >= 11 is 1.58. The lowest BCUT2D eigenvalue weighted by Gasteiger charge is -2.36. The number of nitrogens with one attached hydrogen (secondary N) is 2. The molecule has 2 N–H and O–H groups in total. The van der Waals surface area contributed by atoms with Crippen molar-refractivity contribution in [3.63, 3.8) is 0 Å². The van der Waals surface area contributed by atoms with Crippen LogP contribution in [0, 0.1) is 11.8 Å². The summed E-state index contributed by atoms with van der Waals surface area (Å²) in [5, 5.41) is 12.9. The van der Waals surface area contributed by atoms with Crippen LogP contribution in [0.5, 0.6) is 0 Å². The average Bonchev–Trinajstić information content (AvgIpc) is 3.75. The van der Waals surface area contributed by atoms with Gasteiger partial charge >= 0.3 is 0 Å². The van der Waals surface area contributed by atoms with Crippen molar-refractivity contribution in [2.45, 2.75) is 57.0 Å². The van der Waals surface area contributed by atoms with Gasteiger partial charge in [-0.05, 0) is 57.3 Å². The standard InChI is InChI=1S/C24H29N7O2S/c1-15(16-2-3-16)27-20-12-19(28-21(29-20)18-13-26-31-10-11-34-23(18)31)22(33)30-8-4-17(5-9-30)24(6-7-24)25-14-32/h10-17H,2-9H2,1H3,(H,25,32)(H,27,28,29)/t15-/m1/s1. The average molecular weight is 480 g/mol. The summed E-state index contributed by atoms with van der Waals surface area (Å²) < 4.78 is 1.81. The topological polar surface area (TPSA) is 105 Å². The summed E-state index contributed by atoms with van der Waals surface area (Å²) in [4.78, 5) is 36.9. The lowest BCUT2D eigenvalue weighted by Crippen LogP contribution is -2.46. The third-order valence-electron chi connectivity index (χ3n) is 7.72. The van der Waals surface area contributed by atoms with Crippen molar-refractivity contribution in [1.82, 2.24) is 29.8 Å². The molecule has 178 valence electrons. The molecule has 1 aliphatic heterocycles. The van der Waals surface area contributed by atoms with Crippen LogP contribution in [0.2, 0.25) is 0 Å². The van der Waals surface area contributed by atoms with E-state index in [2.05, 4.69) is 22.7 Å². The molecule has 2 amide bonds. The lowest BCUT2D eigenvalue weighted by molar-refractivity contribution is -0.110. The second-order valence-electron chi connectivity index (χ2n) is 9.93. The van der Waals surface area contributed by atoms with Gasteiger partial charge in [0.05, 0.1) is 11.8 Å². The highest BCUT2D eigenvalue weighted by atomic mass is 32.1. The highest BCUT2D eigenvalue weighted by Gasteiger charge is 2.49. The lowest BCUT2D eigenvalue weighted by atomic mass is 9.87. The predicted octanol–water partition coefficient (Wildman–Crippen LogP) is 3.19. The van der Waals surface area contributed by atoms with E-state index in [-0.39, 0.29) is 11.4 Å². The Labute approximate surface area is 202 Å². The van der Waals surface area contributed by atoms with E-state index in [0.717, 1.165) is 42.5 Å². The fraction of sp³-hybridized carbons (Fsp3) is 0.542. The number of fused-ring (bicyclic) bond motifs is 1. The Morgan fingerprint density at radius 3 is 2.74 bits per heavy atom. The Morgan fingerprint density at radius 1 is 1.24 bits per heavy atom. The van der Waals surface area contributed by atoms with Crippen LogP contribution in [0.25, 0.3) is 16.2 Å². The van der Waals surface area contributed by atoms with Gasteiger partial charge in [-0.2, -0.15) is 5.10 Å². The van der Waals surface area contributed by atoms with Gasteiger partial charge in [0.25, 0.3) is 5.91 Å². The number of piperidine rings is 1. The van der Waals surface area contributed by atoms with Gasteiger partial charge in [0.15, 0.2) is 5.82 Å². The Balaban J connectivity index is 1.26. The zero-order chi connectivity index (χ0) is 23.3. The molecular formula is C24H29N7O2S. The van der Waals surface area contributed by atoms with E-state index in [4.69, 9.17) is 9.97 Å². The largest absolute Gasteiger partial charge is 0.367 e. The predicted molar refractivity (Wildman–Crippen MR) is 130 cm³/mol. The number of amides is 2. The normalized spacial score (nSPS) is 20.8. The maximum Gasteiger partial charge on any atom is 0.272 e. The maximum absolute atomic E-state index is 13.5. The first kappa shape index (κ1) is 21.5. The van der Waals surface area contributed by atoms with Gasteiger partial charge in [-0.1, -0.05) is 0 Å². The summed E-state index contributed by atoms with van der Waals surface area (Å²) in [6, 6.07) is 2.10. The van der Waals surface area contributed by atoms with E-state index in [1.54, 1.807) is 23.6 Å². The van der Waals surface area contributed by atoms with E-state index in [1.165, 1.54) is 12.8 Å². The molecular weight excluding hydrogens is 450 g/mol. The minimum atomic E-state index is -0.0630. The van der Waals surface area contributed by atoms with Gasteiger partial charge in [0.1, 0.15) is 16.3 Å². The monoisotopic (exact) mass is 479 g/mol. The Kier molecular flexibility index (Phi) is 5.28. The van der Waals surface area contributed by atoms with E-state index in [1.807, 2.05) is 21.0 Å². The second kappa shape index (κ2) is 8.33. The summed E-state index contributed by atoms with van der Waals surface area (Å²) in [7, 11) is 0. The molecule has 3 aliphatic rings. The van der Waals surface area contributed by atoms with Crippen molar-refractivity contribution < 1.29 is 9.59 Å². The molecule has 1 atom stereocenters. The summed E-state index contributed by atoms with van der Waals surface area (Å²) in [6.07, 6.45) is 10.8. The third kappa shape index (κ3) is 3.93. The molecule has 0 bridgehead atoms. The van der Waals surface area contributed by atoms with Crippen LogP contribution in [0.4, 0.5) is 5.82 Å². The Bertz CT molecular complexity index is 1220. The summed E-state index contributed by atoms with van der Waals surface area (Å²) in [5.41, 5.74) is 1.21. The highest BCUT2D eigenvalue weighted by Crippen LogP contribution is 2.46. The molecule has 1 saturated heterocycles. The van der Waals surface area contributed by atoms with Crippen LogP contribution < -0.4 is 10.6 Å². The molecule has 10 heteroatoms. The molecule has 2 saturated carbocycles. The molecule has 0 spiro atoms. The Hall–Kier alpha value is -3.01. The first-order valence-electron chi connectivity index (χ1n) is 12.1. The number of thiazole rings is 1. The van der Waals surface area contributed by atoms with E-state index in [9.17, 15) is 9.59 Å². The third-order valence-corrected chi connectivity index (χ3v) is 8.61. The maximum atomic E-state index is 13.5. The molecule has 0 unspecified atom stereocenters. The second-order valence-corrected chi connectivity index (χ2v) is 10.8. The number of aromatic nitrogens is 4. The SMILES string of the molecule is C[C@@H](Nc1cc(C(=O)N2CCC(C3(NC=O)CC3)CC2)nc(-c2cnn3ccsc23)n1)C1CC1. The molecule has 6 rings (SSSR count). The number of hydrogen-bond donors (Lipinski definition) is 2. The molecule has 0 aromatic carbocycles. The van der Waals surface area contributed by atoms with E-state index >= 15 is 0 Å². The van der Waals surface area contributed by atoms with Gasteiger partial charge in [-0.3, -0.25) is 9.59 Å². The van der Waals surface area contributed by atoms with Gasteiger partial charge in [-0.15, -0.1) is 11.3 Å². The molecule has 0 radical (unpaired) electrons. The first-order chi connectivity index (χ1) is 16.6. The minimum Gasteiger partial charge on any atom is -0.367 e. The smallest absolute Gasteiger partial charge is 0.272 e. The van der Waals surface area contributed by atoms with E-state index < -0.39 is 0 Å². The number of hydrogen-bond acceptors (Lipinski definition) is 7. The highest BCUT2D eigenvalue weighted by molar-refractivity contribution is 7.16. The van der Waals surface area contributed by atoms with Crippen LogP contribution in [0.1, 0.15) is 55.9 Å². The quantitative estimate of drug-likeness (QED) is 0.481. The molecule has 4 heterocycles. The van der Waals surface area contributed by atoms with Crippen molar-refractivity contribution >= 4 is 34.3 Å². The fourth-order valence-corrected chi connectivity index (χ4v) is 6.09. The van der Waals surface area contributed by atoms with Gasteiger partial charge in [-0.25, -0.2) is 14.5 Å². The first-order valence-corrected chi connectivity index (χ1v) is 13.0. The van der Waals surface area contributed by atoms with Crippen LogP contribution >= 0.6 is 11.3 Å². The zero-order valence-electron chi connectivity index (χ0n) is 19.2. The number of likely N-dealkylation sites (tertiary alicyclic amines) is 1. The Morgan fingerprint density at radius 2 is 2.03 bits per heavy atom. The van der Waals surface area contributed by atoms with Crippen molar-refractivity contribution in [3.05, 3.63) is 29.5 Å². The number of rotatable bonds is 8. The van der Waals surface area contributed by atoms with Gasteiger partial charge < -0.3 is 15.5 Å². The molecule has 9 nitrogen and oxygen atoms in total. The summed E-state index contributed by atoms with van der Waals surface area (Å²) in [5.74, 6) is 2.23. The molecule has 3 fully saturated rings. The molecule has 2 aliphatic carbocycles. The van der Waals surface area contributed by atoms with Crippen molar-refractivity contribution in [3.8, 4) is 11.4 Å². The van der Waals surface area contributed by atoms with Crippen LogP contribution in [-0.4, -0.2) is 61.5 Å². The number of anilines is 1. The summed E-state index contributed by atoms with van der Waals surface area (Å²) in [6.45, 7) is 3.52. The minimum absolute atomic E-state index is 0.0382.